The summed E-state index contributed by atoms with van der Waals surface area (Å²) in [6.07, 6.45) is 5.27. The van der Waals surface area contributed by atoms with Gasteiger partial charge in [-0.1, -0.05) is 6.07 Å². The zero-order valence-electron chi connectivity index (χ0n) is 13.2. The average molecular weight is 303 g/mol. The maximum atomic E-state index is 9.44. The Morgan fingerprint density at radius 1 is 1.30 bits per heavy atom. The lowest BCUT2D eigenvalue weighted by Crippen LogP contribution is -2.02. The molecule has 0 spiro atoms. The van der Waals surface area contributed by atoms with Crippen molar-refractivity contribution in [1.29, 1.82) is 5.26 Å². The number of hydrogen-bond donors (Lipinski definition) is 0. The van der Waals surface area contributed by atoms with Gasteiger partial charge in [-0.2, -0.15) is 5.26 Å². The van der Waals surface area contributed by atoms with Crippen LogP contribution in [0.2, 0.25) is 0 Å². The van der Waals surface area contributed by atoms with Gasteiger partial charge in [-0.25, -0.2) is 0 Å². The highest BCUT2D eigenvalue weighted by molar-refractivity contribution is 5.88. The van der Waals surface area contributed by atoms with E-state index in [-0.39, 0.29) is 0 Å². The van der Waals surface area contributed by atoms with E-state index in [2.05, 4.69) is 35.5 Å². The first-order chi connectivity index (χ1) is 11.2. The van der Waals surface area contributed by atoms with Crippen LogP contribution in [-0.4, -0.2) is 9.55 Å². The highest BCUT2D eigenvalue weighted by Gasteiger charge is 2.11. The van der Waals surface area contributed by atoms with Crippen LogP contribution in [0.3, 0.4) is 0 Å². The van der Waals surface area contributed by atoms with E-state index in [0.717, 1.165) is 22.7 Å². The molecule has 0 bridgehead atoms. The zero-order chi connectivity index (χ0) is 16.2. The Kier molecular flexibility index (Phi) is 4.11. The summed E-state index contributed by atoms with van der Waals surface area (Å²) < 4.78 is 7.61. The van der Waals surface area contributed by atoms with E-state index in [1.54, 1.807) is 12.5 Å². The summed E-state index contributed by atoms with van der Waals surface area (Å²) >= 11 is 0. The Balaban J connectivity index is 1.98. The van der Waals surface area contributed by atoms with Crippen LogP contribution in [0.5, 0.6) is 0 Å². The number of aromatic nitrogens is 2. The van der Waals surface area contributed by atoms with Crippen molar-refractivity contribution in [2.24, 2.45) is 0 Å². The number of nitriles is 1. The minimum absolute atomic E-state index is 0.559. The standard InChI is InChI=1S/C19H17N3O/c1-14-10-16(11-17(12-20)19-7-3-4-8-21-19)15(2)22(14)13-18-6-5-9-23-18/h3-11H,13H2,1-2H3. The first-order valence-corrected chi connectivity index (χ1v) is 7.41. The molecule has 3 rings (SSSR count). The van der Waals surface area contributed by atoms with E-state index in [0.29, 0.717) is 17.8 Å². The van der Waals surface area contributed by atoms with Gasteiger partial charge in [0.15, 0.2) is 0 Å². The Morgan fingerprint density at radius 3 is 2.83 bits per heavy atom. The van der Waals surface area contributed by atoms with Gasteiger partial charge in [0.1, 0.15) is 11.8 Å². The molecule has 4 heteroatoms. The van der Waals surface area contributed by atoms with Gasteiger partial charge < -0.3 is 8.98 Å². The van der Waals surface area contributed by atoms with Gasteiger partial charge in [0.05, 0.1) is 24.1 Å². The van der Waals surface area contributed by atoms with Crippen molar-refractivity contribution in [3.63, 3.8) is 0 Å². The molecule has 0 aromatic carbocycles. The number of nitrogens with zero attached hydrogens (tertiary/aromatic N) is 3. The SMILES string of the molecule is Cc1cc(C=C(C#N)c2ccccn2)c(C)n1Cc1ccco1. The van der Waals surface area contributed by atoms with Crippen LogP contribution in [0.4, 0.5) is 0 Å². The summed E-state index contributed by atoms with van der Waals surface area (Å²) in [7, 11) is 0. The Hall–Kier alpha value is -3.06. The summed E-state index contributed by atoms with van der Waals surface area (Å²) in [5.74, 6) is 0.910. The lowest BCUT2D eigenvalue weighted by atomic mass is 10.1. The zero-order valence-corrected chi connectivity index (χ0v) is 13.2. The monoisotopic (exact) mass is 303 g/mol. The van der Waals surface area contributed by atoms with Crippen molar-refractivity contribution in [3.8, 4) is 6.07 Å². The molecule has 23 heavy (non-hydrogen) atoms. The number of hydrogen-bond acceptors (Lipinski definition) is 3. The quantitative estimate of drug-likeness (QED) is 0.679. The fourth-order valence-corrected chi connectivity index (χ4v) is 2.62. The first-order valence-electron chi connectivity index (χ1n) is 7.41. The third-order valence-electron chi connectivity index (χ3n) is 3.87. The average Bonchev–Trinajstić information content (AvgIpc) is 3.17. The van der Waals surface area contributed by atoms with Gasteiger partial charge in [-0.05, 0) is 55.8 Å². The molecule has 0 fully saturated rings. The van der Waals surface area contributed by atoms with Gasteiger partial charge in [0.25, 0.3) is 0 Å². The van der Waals surface area contributed by atoms with Crippen LogP contribution in [-0.2, 0) is 6.54 Å². The molecule has 3 heterocycles. The number of aryl methyl sites for hydroxylation is 1. The fourth-order valence-electron chi connectivity index (χ4n) is 2.62. The molecule has 0 N–H and O–H groups in total. The third-order valence-corrected chi connectivity index (χ3v) is 3.87. The van der Waals surface area contributed by atoms with Crippen LogP contribution >= 0.6 is 0 Å². The third kappa shape index (κ3) is 3.09. The minimum Gasteiger partial charge on any atom is -0.467 e. The van der Waals surface area contributed by atoms with E-state index in [1.165, 1.54) is 0 Å². The van der Waals surface area contributed by atoms with Crippen LogP contribution in [0, 0.1) is 25.2 Å². The molecule has 3 aromatic rings. The molecule has 0 aliphatic carbocycles. The second-order valence-electron chi connectivity index (χ2n) is 5.38. The van der Waals surface area contributed by atoms with Crippen molar-refractivity contribution in [1.82, 2.24) is 9.55 Å². The lowest BCUT2D eigenvalue weighted by Gasteiger charge is -2.07. The minimum atomic E-state index is 0.559. The van der Waals surface area contributed by atoms with Crippen LogP contribution in [0.25, 0.3) is 11.6 Å². The van der Waals surface area contributed by atoms with Gasteiger partial charge in [-0.15, -0.1) is 0 Å². The molecule has 0 unspecified atom stereocenters. The predicted octanol–water partition coefficient (Wildman–Crippen LogP) is 4.21. The fraction of sp³-hybridized carbons (Fsp3) is 0.158. The molecular weight excluding hydrogens is 286 g/mol. The Morgan fingerprint density at radius 2 is 2.17 bits per heavy atom. The van der Waals surface area contributed by atoms with Crippen LogP contribution in [0.15, 0.2) is 53.3 Å². The molecular formula is C19H17N3O. The smallest absolute Gasteiger partial charge is 0.123 e. The molecule has 0 aliphatic heterocycles. The van der Waals surface area contributed by atoms with Gasteiger partial charge >= 0.3 is 0 Å². The predicted molar refractivity (Wildman–Crippen MR) is 89.4 cm³/mol. The van der Waals surface area contributed by atoms with Gasteiger partial charge in [0.2, 0.25) is 0 Å². The van der Waals surface area contributed by atoms with E-state index in [1.807, 2.05) is 36.4 Å². The Bertz CT molecular complexity index is 865. The van der Waals surface area contributed by atoms with Crippen molar-refractivity contribution in [3.05, 3.63) is 77.3 Å². The summed E-state index contributed by atoms with van der Waals surface area (Å²) in [5, 5.41) is 9.44. The van der Waals surface area contributed by atoms with Gasteiger partial charge in [0, 0.05) is 17.6 Å². The second-order valence-corrected chi connectivity index (χ2v) is 5.38. The number of rotatable bonds is 4. The molecule has 3 aromatic heterocycles. The van der Waals surface area contributed by atoms with Crippen LogP contribution < -0.4 is 0 Å². The normalized spacial score (nSPS) is 11.4. The molecule has 0 aliphatic rings. The molecule has 0 atom stereocenters. The van der Waals surface area contributed by atoms with E-state index < -0.39 is 0 Å². The topological polar surface area (TPSA) is 54.8 Å². The summed E-state index contributed by atoms with van der Waals surface area (Å²) in [5.41, 5.74) is 4.50. The lowest BCUT2D eigenvalue weighted by molar-refractivity contribution is 0.489. The van der Waals surface area contributed by atoms with Gasteiger partial charge in [-0.3, -0.25) is 4.98 Å². The molecule has 114 valence electrons. The highest BCUT2D eigenvalue weighted by atomic mass is 16.3. The molecule has 0 saturated carbocycles. The van der Waals surface area contributed by atoms with Crippen molar-refractivity contribution in [2.45, 2.75) is 20.4 Å². The van der Waals surface area contributed by atoms with E-state index in [9.17, 15) is 5.26 Å². The molecule has 0 saturated heterocycles. The molecule has 0 radical (unpaired) electrons. The first kappa shape index (κ1) is 14.9. The summed E-state index contributed by atoms with van der Waals surface area (Å²) in [4.78, 5) is 4.25. The van der Waals surface area contributed by atoms with Crippen LogP contribution in [0.1, 0.15) is 28.4 Å². The van der Waals surface area contributed by atoms with Crippen molar-refractivity contribution in [2.75, 3.05) is 0 Å². The number of allylic oxidation sites excluding steroid dienone is 1. The number of furan rings is 1. The highest BCUT2D eigenvalue weighted by Crippen LogP contribution is 2.22. The maximum absolute atomic E-state index is 9.44. The summed E-state index contributed by atoms with van der Waals surface area (Å²) in [6.45, 7) is 4.79. The van der Waals surface area contributed by atoms with E-state index in [4.69, 9.17) is 4.42 Å². The summed E-state index contributed by atoms with van der Waals surface area (Å²) in [6, 6.07) is 13.7. The van der Waals surface area contributed by atoms with E-state index >= 15 is 0 Å². The second kappa shape index (κ2) is 6.37. The number of pyridine rings is 1. The Labute approximate surface area is 135 Å². The molecule has 4 nitrogen and oxygen atoms in total. The molecule has 0 amide bonds. The van der Waals surface area contributed by atoms with Crippen molar-refractivity contribution < 1.29 is 4.42 Å². The van der Waals surface area contributed by atoms with Crippen molar-refractivity contribution >= 4 is 11.6 Å². The largest absolute Gasteiger partial charge is 0.467 e. The maximum Gasteiger partial charge on any atom is 0.123 e.